The number of nitrogens with zero attached hydrogens (tertiary/aromatic N) is 2. The topological polar surface area (TPSA) is 62.3 Å². The Hall–Kier alpha value is -1.92. The molecule has 23 heavy (non-hydrogen) atoms. The van der Waals surface area contributed by atoms with E-state index < -0.39 is 15.3 Å². The molecule has 0 saturated carbocycles. The molecule has 2 aromatic rings. The Morgan fingerprint density at radius 1 is 1.22 bits per heavy atom. The smallest absolute Gasteiger partial charge is 0.243 e. The molecule has 0 fully saturated rings. The summed E-state index contributed by atoms with van der Waals surface area (Å²) in [6, 6.07) is 13.0. The number of fused-ring (bicyclic) bond motifs is 1. The number of anilines is 2. The number of nitrogens with one attached hydrogen (secondary N) is 1. The molecule has 0 saturated heterocycles. The zero-order chi connectivity index (χ0) is 16.3. The van der Waals surface area contributed by atoms with E-state index >= 15 is 0 Å². The molecule has 1 atom stereocenters. The molecule has 122 valence electrons. The average Bonchev–Trinajstić information content (AvgIpc) is 2.56. The number of para-hydroxylation sites is 1. The second-order valence-corrected chi connectivity index (χ2v) is 7.76. The molecule has 0 radical (unpaired) electrons. The number of hydrogen-bond donors (Lipinski definition) is 1. The van der Waals surface area contributed by atoms with Gasteiger partial charge in [-0.1, -0.05) is 24.3 Å². The van der Waals surface area contributed by atoms with Gasteiger partial charge in [0.15, 0.2) is 0 Å². The van der Waals surface area contributed by atoms with Crippen molar-refractivity contribution in [3.05, 3.63) is 54.2 Å². The number of rotatable bonds is 5. The number of sulfonamides is 1. The van der Waals surface area contributed by atoms with E-state index in [9.17, 15) is 8.42 Å². The Morgan fingerprint density at radius 2 is 2.00 bits per heavy atom. The minimum Gasteiger partial charge on any atom is -0.320 e. The largest absolute Gasteiger partial charge is 0.320 e. The van der Waals surface area contributed by atoms with Crippen LogP contribution in [0.3, 0.4) is 0 Å². The lowest BCUT2D eigenvalue weighted by molar-refractivity contribution is 0.554. The number of benzene rings is 1. The highest BCUT2D eigenvalue weighted by atomic mass is 32.2. The van der Waals surface area contributed by atoms with Crippen molar-refractivity contribution in [3.63, 3.8) is 0 Å². The van der Waals surface area contributed by atoms with Gasteiger partial charge in [-0.3, -0.25) is 0 Å². The molecule has 6 heteroatoms. The van der Waals surface area contributed by atoms with E-state index in [1.807, 2.05) is 37.4 Å². The standard InChI is InChI=1S/C17H21N3O2S/c1-18-11-6-8-15-13-14-7-2-3-9-16(14)20(23(15,21)22)17-10-4-5-12-19-17/h2-5,7,9-10,12,15,18H,6,8,11,13H2,1H3/t15-/m0/s1. The quantitative estimate of drug-likeness (QED) is 0.855. The summed E-state index contributed by atoms with van der Waals surface area (Å²) in [5, 5.41) is 2.67. The van der Waals surface area contributed by atoms with Gasteiger partial charge in [0.25, 0.3) is 0 Å². The van der Waals surface area contributed by atoms with Crippen molar-refractivity contribution >= 4 is 21.5 Å². The third-order valence-electron chi connectivity index (χ3n) is 4.14. The number of aromatic nitrogens is 1. The Morgan fingerprint density at radius 3 is 2.74 bits per heavy atom. The van der Waals surface area contributed by atoms with Gasteiger partial charge >= 0.3 is 0 Å². The lowest BCUT2D eigenvalue weighted by Gasteiger charge is -2.34. The Kier molecular flexibility index (Phi) is 4.63. The molecule has 0 spiro atoms. The van der Waals surface area contributed by atoms with Crippen LogP contribution in [0.5, 0.6) is 0 Å². The van der Waals surface area contributed by atoms with E-state index in [2.05, 4.69) is 10.3 Å². The van der Waals surface area contributed by atoms with Crippen LogP contribution in [0.15, 0.2) is 48.7 Å². The molecular formula is C17H21N3O2S. The summed E-state index contributed by atoms with van der Waals surface area (Å²) in [6.45, 7) is 0.817. The molecule has 1 aliphatic rings. The molecule has 1 aromatic heterocycles. The minimum absolute atomic E-state index is 0.409. The van der Waals surface area contributed by atoms with Crippen LogP contribution < -0.4 is 9.62 Å². The van der Waals surface area contributed by atoms with Gasteiger partial charge in [-0.2, -0.15) is 0 Å². The normalized spacial score (nSPS) is 19.3. The van der Waals surface area contributed by atoms with Gasteiger partial charge < -0.3 is 5.32 Å². The monoisotopic (exact) mass is 331 g/mol. The van der Waals surface area contributed by atoms with Crippen molar-refractivity contribution in [3.8, 4) is 0 Å². The minimum atomic E-state index is -3.47. The molecule has 1 N–H and O–H groups in total. The Bertz CT molecular complexity index is 762. The van der Waals surface area contributed by atoms with Gasteiger partial charge in [0.1, 0.15) is 5.82 Å². The maximum absolute atomic E-state index is 13.1. The lowest BCUT2D eigenvalue weighted by Crippen LogP contribution is -2.42. The predicted octanol–water partition coefficient (Wildman–Crippen LogP) is 2.47. The zero-order valence-corrected chi connectivity index (χ0v) is 14.0. The highest BCUT2D eigenvalue weighted by Crippen LogP contribution is 2.38. The summed E-state index contributed by atoms with van der Waals surface area (Å²) in [4.78, 5) is 4.26. The van der Waals surface area contributed by atoms with E-state index in [1.165, 1.54) is 4.31 Å². The van der Waals surface area contributed by atoms with E-state index in [1.54, 1.807) is 18.3 Å². The van der Waals surface area contributed by atoms with Crippen LogP contribution in [0.2, 0.25) is 0 Å². The first-order valence-corrected chi connectivity index (χ1v) is 9.32. The highest BCUT2D eigenvalue weighted by Gasteiger charge is 2.39. The van der Waals surface area contributed by atoms with Gasteiger partial charge in [0.2, 0.25) is 10.0 Å². The fourth-order valence-corrected chi connectivity index (χ4v) is 4.98. The summed E-state index contributed by atoms with van der Waals surface area (Å²) >= 11 is 0. The molecule has 5 nitrogen and oxygen atoms in total. The van der Waals surface area contributed by atoms with Crippen LogP contribution in [0.4, 0.5) is 11.5 Å². The second-order valence-electron chi connectivity index (χ2n) is 5.70. The molecule has 2 heterocycles. The van der Waals surface area contributed by atoms with Crippen LogP contribution in [0, 0.1) is 0 Å². The maximum atomic E-state index is 13.1. The fraction of sp³-hybridized carbons (Fsp3) is 0.353. The van der Waals surface area contributed by atoms with Crippen molar-refractivity contribution in [2.45, 2.75) is 24.5 Å². The van der Waals surface area contributed by atoms with Crippen LogP contribution >= 0.6 is 0 Å². The van der Waals surface area contributed by atoms with E-state index in [0.29, 0.717) is 18.7 Å². The third kappa shape index (κ3) is 3.09. The summed E-state index contributed by atoms with van der Waals surface area (Å²) in [5.41, 5.74) is 1.78. The molecule has 1 aromatic carbocycles. The van der Waals surface area contributed by atoms with Crippen LogP contribution in [-0.4, -0.2) is 32.2 Å². The van der Waals surface area contributed by atoms with Gasteiger partial charge in [0, 0.05) is 6.20 Å². The predicted molar refractivity (Wildman–Crippen MR) is 92.4 cm³/mol. The third-order valence-corrected chi connectivity index (χ3v) is 6.28. The average molecular weight is 331 g/mol. The first-order valence-electron chi connectivity index (χ1n) is 7.82. The summed E-state index contributed by atoms with van der Waals surface area (Å²) < 4.78 is 27.7. The molecule has 0 aliphatic carbocycles. The van der Waals surface area contributed by atoms with Crippen molar-refractivity contribution in [1.82, 2.24) is 10.3 Å². The Balaban J connectivity index is 2.04. The molecule has 0 unspecified atom stereocenters. The molecular weight excluding hydrogens is 310 g/mol. The van der Waals surface area contributed by atoms with Crippen molar-refractivity contribution in [2.24, 2.45) is 0 Å². The first kappa shape index (κ1) is 16.0. The van der Waals surface area contributed by atoms with Crippen LogP contribution in [-0.2, 0) is 16.4 Å². The zero-order valence-electron chi connectivity index (χ0n) is 13.1. The lowest BCUT2D eigenvalue weighted by atomic mass is 10.0. The first-order chi connectivity index (χ1) is 11.1. The van der Waals surface area contributed by atoms with Crippen molar-refractivity contribution in [2.75, 3.05) is 17.9 Å². The van der Waals surface area contributed by atoms with Crippen LogP contribution in [0.1, 0.15) is 18.4 Å². The van der Waals surface area contributed by atoms with Crippen LogP contribution in [0.25, 0.3) is 0 Å². The summed E-state index contributed by atoms with van der Waals surface area (Å²) in [7, 11) is -1.59. The Labute approximate surface area is 137 Å². The molecule has 3 rings (SSSR count). The molecule has 1 aliphatic heterocycles. The fourth-order valence-electron chi connectivity index (χ4n) is 3.00. The SMILES string of the molecule is CNCCC[C@H]1Cc2ccccc2N(c2ccccn2)S1(=O)=O. The van der Waals surface area contributed by atoms with E-state index in [4.69, 9.17) is 0 Å². The van der Waals surface area contributed by atoms with Crippen molar-refractivity contribution in [1.29, 1.82) is 0 Å². The van der Waals surface area contributed by atoms with E-state index in [0.717, 1.165) is 24.2 Å². The number of pyridine rings is 1. The molecule has 0 amide bonds. The van der Waals surface area contributed by atoms with E-state index in [-0.39, 0.29) is 0 Å². The second kappa shape index (κ2) is 6.68. The van der Waals surface area contributed by atoms with Gasteiger partial charge in [-0.05, 0) is 56.6 Å². The van der Waals surface area contributed by atoms with Gasteiger partial charge in [0.05, 0.1) is 10.9 Å². The summed E-state index contributed by atoms with van der Waals surface area (Å²) in [6.07, 6.45) is 3.66. The van der Waals surface area contributed by atoms with Gasteiger partial charge in [-0.15, -0.1) is 0 Å². The van der Waals surface area contributed by atoms with Crippen molar-refractivity contribution < 1.29 is 8.42 Å². The number of hydrogen-bond acceptors (Lipinski definition) is 4. The highest BCUT2D eigenvalue weighted by molar-refractivity contribution is 7.93. The summed E-state index contributed by atoms with van der Waals surface area (Å²) in [5.74, 6) is 0.457. The molecule has 0 bridgehead atoms. The van der Waals surface area contributed by atoms with Gasteiger partial charge in [-0.25, -0.2) is 17.7 Å². The maximum Gasteiger partial charge on any atom is 0.243 e.